The Morgan fingerprint density at radius 1 is 1.04 bits per heavy atom. The fraction of sp³-hybridized carbons (Fsp3) is 0. The minimum absolute atomic E-state index is 0.0996. The number of benzene rings is 2. The Labute approximate surface area is 154 Å². The summed E-state index contributed by atoms with van der Waals surface area (Å²) in [5, 5.41) is 17.5. The van der Waals surface area contributed by atoms with E-state index in [1.807, 2.05) is 41.1 Å². The molecule has 2 aromatic heterocycles. The van der Waals surface area contributed by atoms with Crippen LogP contribution in [0, 0.1) is 10.1 Å². The minimum atomic E-state index is -0.497. The largest absolute Gasteiger partial charge is 0.316 e. The van der Waals surface area contributed by atoms with Crippen molar-refractivity contribution >= 4 is 28.5 Å². The van der Waals surface area contributed by atoms with E-state index >= 15 is 0 Å². The molecule has 7 nitrogen and oxygen atoms in total. The van der Waals surface area contributed by atoms with Gasteiger partial charge >= 0.3 is 5.69 Å². The maximum absolute atomic E-state index is 11.0. The van der Waals surface area contributed by atoms with Crippen LogP contribution in [-0.4, -0.2) is 20.7 Å². The third-order valence-electron chi connectivity index (χ3n) is 4.14. The lowest BCUT2D eigenvalue weighted by Crippen LogP contribution is -2.01. The van der Waals surface area contributed by atoms with Gasteiger partial charge in [0.1, 0.15) is 0 Å². The lowest BCUT2D eigenvalue weighted by molar-refractivity contribution is -0.384. The topological polar surface area (TPSA) is 85.3 Å². The first kappa shape index (κ1) is 16.5. The van der Waals surface area contributed by atoms with Crippen molar-refractivity contribution in [1.29, 1.82) is 0 Å². The van der Waals surface area contributed by atoms with Crippen LogP contribution in [0.25, 0.3) is 16.5 Å². The van der Waals surface area contributed by atoms with Crippen LogP contribution in [0.2, 0.25) is 0 Å². The Balaban J connectivity index is 1.60. The van der Waals surface area contributed by atoms with E-state index in [1.165, 1.54) is 23.7 Å². The highest BCUT2D eigenvalue weighted by Crippen LogP contribution is 2.21. The van der Waals surface area contributed by atoms with Gasteiger partial charge in [-0.3, -0.25) is 15.5 Å². The molecule has 0 aliphatic heterocycles. The summed E-state index contributed by atoms with van der Waals surface area (Å²) in [7, 11) is 0. The fourth-order valence-corrected chi connectivity index (χ4v) is 2.85. The monoisotopic (exact) mass is 357 g/mol. The molecule has 0 saturated heterocycles. The number of nitro groups is 1. The SMILES string of the molecule is O=[N+]([O-])c1cccnc1N/N=C/c1cccn1-c1ccc2ccccc2c1. The Kier molecular flexibility index (Phi) is 4.32. The van der Waals surface area contributed by atoms with Gasteiger partial charge in [-0.25, -0.2) is 4.98 Å². The van der Waals surface area contributed by atoms with Gasteiger partial charge in [0.2, 0.25) is 5.82 Å². The van der Waals surface area contributed by atoms with E-state index in [4.69, 9.17) is 0 Å². The average Bonchev–Trinajstić information content (AvgIpc) is 3.16. The maximum atomic E-state index is 11.0. The van der Waals surface area contributed by atoms with Crippen molar-refractivity contribution in [3.05, 3.63) is 94.9 Å². The van der Waals surface area contributed by atoms with Gasteiger partial charge < -0.3 is 4.57 Å². The van der Waals surface area contributed by atoms with Gasteiger partial charge in [-0.05, 0) is 41.1 Å². The summed E-state index contributed by atoms with van der Waals surface area (Å²) < 4.78 is 1.99. The molecule has 7 heteroatoms. The molecular weight excluding hydrogens is 342 g/mol. The molecule has 1 N–H and O–H groups in total. The molecule has 0 spiro atoms. The van der Waals surface area contributed by atoms with Crippen molar-refractivity contribution in [2.45, 2.75) is 0 Å². The summed E-state index contributed by atoms with van der Waals surface area (Å²) in [5.41, 5.74) is 4.35. The number of pyridine rings is 1. The Bertz CT molecular complexity index is 1150. The molecule has 0 fully saturated rings. The summed E-state index contributed by atoms with van der Waals surface area (Å²) in [6.07, 6.45) is 5.02. The van der Waals surface area contributed by atoms with Crippen LogP contribution < -0.4 is 5.43 Å². The van der Waals surface area contributed by atoms with Crippen molar-refractivity contribution in [3.8, 4) is 5.69 Å². The smallest absolute Gasteiger partial charge is 0.313 e. The predicted octanol–water partition coefficient (Wildman–Crippen LogP) is 4.38. The van der Waals surface area contributed by atoms with Crippen LogP contribution >= 0.6 is 0 Å². The van der Waals surface area contributed by atoms with E-state index < -0.39 is 4.92 Å². The second-order valence-electron chi connectivity index (χ2n) is 5.83. The third-order valence-corrected chi connectivity index (χ3v) is 4.14. The van der Waals surface area contributed by atoms with E-state index in [1.54, 1.807) is 6.21 Å². The van der Waals surface area contributed by atoms with Gasteiger partial charge in [-0.2, -0.15) is 5.10 Å². The highest BCUT2D eigenvalue weighted by Gasteiger charge is 2.13. The zero-order valence-electron chi connectivity index (χ0n) is 14.2. The Morgan fingerprint density at radius 3 is 2.74 bits per heavy atom. The summed E-state index contributed by atoms with van der Waals surface area (Å²) in [4.78, 5) is 14.5. The van der Waals surface area contributed by atoms with E-state index in [0.29, 0.717) is 0 Å². The van der Waals surface area contributed by atoms with E-state index in [9.17, 15) is 10.1 Å². The van der Waals surface area contributed by atoms with Crippen molar-refractivity contribution in [3.63, 3.8) is 0 Å². The number of hydrogen-bond donors (Lipinski definition) is 1. The lowest BCUT2D eigenvalue weighted by atomic mass is 10.1. The van der Waals surface area contributed by atoms with Crippen molar-refractivity contribution in [2.75, 3.05) is 5.43 Å². The second-order valence-corrected chi connectivity index (χ2v) is 5.83. The van der Waals surface area contributed by atoms with Crippen LogP contribution in [-0.2, 0) is 0 Å². The average molecular weight is 357 g/mol. The standard InChI is InChI=1S/C20H15N5O2/c26-25(27)19-8-3-11-21-20(19)23-22-14-18-7-4-12-24(18)17-10-9-15-5-1-2-6-16(15)13-17/h1-14H,(H,21,23)/b22-14+. The third kappa shape index (κ3) is 3.38. The normalized spacial score (nSPS) is 11.1. The molecule has 0 amide bonds. The predicted molar refractivity (Wildman–Crippen MR) is 105 cm³/mol. The van der Waals surface area contributed by atoms with E-state index in [-0.39, 0.29) is 11.5 Å². The van der Waals surface area contributed by atoms with E-state index in [0.717, 1.165) is 16.8 Å². The number of hydrazone groups is 1. The van der Waals surface area contributed by atoms with Crippen LogP contribution in [0.5, 0.6) is 0 Å². The van der Waals surface area contributed by atoms with Crippen molar-refractivity contribution in [1.82, 2.24) is 9.55 Å². The van der Waals surface area contributed by atoms with Crippen molar-refractivity contribution in [2.24, 2.45) is 5.10 Å². The molecule has 2 aromatic carbocycles. The van der Waals surface area contributed by atoms with Crippen LogP contribution in [0.3, 0.4) is 0 Å². The van der Waals surface area contributed by atoms with Gasteiger partial charge in [0, 0.05) is 24.1 Å². The van der Waals surface area contributed by atoms with Crippen LogP contribution in [0.1, 0.15) is 5.69 Å². The number of fused-ring (bicyclic) bond motifs is 1. The summed E-state index contributed by atoms with van der Waals surface area (Å²) in [6.45, 7) is 0. The molecule has 0 radical (unpaired) electrons. The molecule has 0 aliphatic rings. The molecule has 0 bridgehead atoms. The summed E-state index contributed by atoms with van der Waals surface area (Å²) in [6, 6.07) is 21.1. The van der Waals surface area contributed by atoms with Gasteiger partial charge in [-0.15, -0.1) is 0 Å². The summed E-state index contributed by atoms with van der Waals surface area (Å²) in [5.74, 6) is 0.0996. The number of nitrogens with one attached hydrogen (secondary N) is 1. The first-order valence-corrected chi connectivity index (χ1v) is 8.27. The molecule has 4 aromatic rings. The quantitative estimate of drug-likeness (QED) is 0.326. The number of nitrogens with zero attached hydrogens (tertiary/aromatic N) is 4. The van der Waals surface area contributed by atoms with Crippen molar-refractivity contribution < 1.29 is 4.92 Å². The first-order chi connectivity index (χ1) is 13.2. The molecule has 2 heterocycles. The number of rotatable bonds is 5. The molecule has 4 rings (SSSR count). The highest BCUT2D eigenvalue weighted by molar-refractivity contribution is 5.85. The maximum Gasteiger partial charge on any atom is 0.313 e. The zero-order valence-corrected chi connectivity index (χ0v) is 14.2. The molecule has 0 aliphatic carbocycles. The molecule has 132 valence electrons. The molecular formula is C20H15N5O2. The fourth-order valence-electron chi connectivity index (χ4n) is 2.85. The van der Waals surface area contributed by atoms with E-state index in [2.05, 4.69) is 39.8 Å². The summed E-state index contributed by atoms with van der Waals surface area (Å²) >= 11 is 0. The first-order valence-electron chi connectivity index (χ1n) is 8.27. The van der Waals surface area contributed by atoms with Crippen LogP contribution in [0.15, 0.2) is 84.2 Å². The molecule has 0 saturated carbocycles. The molecule has 27 heavy (non-hydrogen) atoms. The molecule has 0 unspecified atom stereocenters. The zero-order chi connectivity index (χ0) is 18.6. The second kappa shape index (κ2) is 7.09. The van der Waals surface area contributed by atoms with Gasteiger partial charge in [0.15, 0.2) is 0 Å². The number of hydrogen-bond acceptors (Lipinski definition) is 5. The van der Waals surface area contributed by atoms with Gasteiger partial charge in [-0.1, -0.05) is 30.3 Å². The van der Waals surface area contributed by atoms with Gasteiger partial charge in [0.05, 0.1) is 16.8 Å². The number of anilines is 1. The minimum Gasteiger partial charge on any atom is -0.316 e. The molecule has 0 atom stereocenters. The number of aromatic nitrogens is 2. The van der Waals surface area contributed by atoms with Gasteiger partial charge in [0.25, 0.3) is 0 Å². The Hall–Kier alpha value is -4.00. The highest BCUT2D eigenvalue weighted by atomic mass is 16.6. The Morgan fingerprint density at radius 2 is 1.89 bits per heavy atom. The lowest BCUT2D eigenvalue weighted by Gasteiger charge is -2.08. The van der Waals surface area contributed by atoms with Crippen LogP contribution in [0.4, 0.5) is 11.5 Å².